The van der Waals surface area contributed by atoms with Gasteiger partial charge in [-0.2, -0.15) is 0 Å². The normalized spacial score (nSPS) is 11.3. The van der Waals surface area contributed by atoms with Gasteiger partial charge < -0.3 is 4.42 Å². The molecule has 4 aromatic heterocycles. The summed E-state index contributed by atoms with van der Waals surface area (Å²) in [5.74, 6) is 0. The van der Waals surface area contributed by atoms with Crippen LogP contribution in [-0.4, -0.2) is 15.0 Å². The average Bonchev–Trinajstić information content (AvgIpc) is 3.48. The third-order valence-corrected chi connectivity index (χ3v) is 7.78. The summed E-state index contributed by atoms with van der Waals surface area (Å²) in [5.41, 5.74) is 11.5. The Morgan fingerprint density at radius 1 is 0.419 bits per heavy atom. The van der Waals surface area contributed by atoms with Crippen LogP contribution in [0.2, 0.25) is 0 Å². The number of pyridine rings is 3. The average molecular weight is 552 g/mol. The van der Waals surface area contributed by atoms with E-state index < -0.39 is 0 Å². The van der Waals surface area contributed by atoms with Crippen molar-refractivity contribution in [3.8, 4) is 56.2 Å². The second kappa shape index (κ2) is 10.5. The van der Waals surface area contributed by atoms with Crippen molar-refractivity contribution in [3.05, 3.63) is 152 Å². The maximum atomic E-state index is 6.68. The molecule has 0 fully saturated rings. The van der Waals surface area contributed by atoms with Crippen LogP contribution in [0.3, 0.4) is 0 Å². The number of benzene rings is 4. The smallest absolute Gasteiger partial charge is 0.143 e. The Bertz CT molecular complexity index is 2150. The molecule has 0 aliphatic rings. The van der Waals surface area contributed by atoms with Gasteiger partial charge in [0.1, 0.15) is 11.2 Å². The van der Waals surface area contributed by atoms with Crippen molar-refractivity contribution < 1.29 is 4.42 Å². The second-order valence-corrected chi connectivity index (χ2v) is 10.5. The van der Waals surface area contributed by atoms with Gasteiger partial charge in [0.15, 0.2) is 0 Å². The lowest BCUT2D eigenvalue weighted by Crippen LogP contribution is -1.94. The fraction of sp³-hybridized carbons (Fsp3) is 0. The number of nitrogens with zero attached hydrogens (tertiary/aromatic N) is 3. The highest BCUT2D eigenvalue weighted by atomic mass is 16.3. The van der Waals surface area contributed by atoms with Gasteiger partial charge in [0.05, 0.1) is 22.8 Å². The molecule has 0 radical (unpaired) electrons. The van der Waals surface area contributed by atoms with E-state index in [-0.39, 0.29) is 0 Å². The van der Waals surface area contributed by atoms with Crippen LogP contribution < -0.4 is 0 Å². The van der Waals surface area contributed by atoms with Gasteiger partial charge in [0.25, 0.3) is 0 Å². The molecule has 0 saturated heterocycles. The number of hydrogen-bond acceptors (Lipinski definition) is 4. The Labute approximate surface area is 249 Å². The van der Waals surface area contributed by atoms with Crippen LogP contribution in [0.5, 0.6) is 0 Å². The molecule has 4 aromatic carbocycles. The molecule has 0 aliphatic carbocycles. The second-order valence-electron chi connectivity index (χ2n) is 10.5. The quantitative estimate of drug-likeness (QED) is 0.214. The maximum absolute atomic E-state index is 6.68. The summed E-state index contributed by atoms with van der Waals surface area (Å²) < 4.78 is 6.68. The molecule has 4 nitrogen and oxygen atoms in total. The van der Waals surface area contributed by atoms with Crippen molar-refractivity contribution in [2.45, 2.75) is 0 Å². The van der Waals surface area contributed by atoms with E-state index in [4.69, 9.17) is 9.40 Å². The molecule has 8 rings (SSSR count). The first-order valence-corrected chi connectivity index (χ1v) is 14.3. The van der Waals surface area contributed by atoms with Gasteiger partial charge in [-0.05, 0) is 82.4 Å². The van der Waals surface area contributed by atoms with E-state index >= 15 is 0 Å². The topological polar surface area (TPSA) is 51.8 Å². The highest BCUT2D eigenvalue weighted by Crippen LogP contribution is 2.43. The summed E-state index contributed by atoms with van der Waals surface area (Å²) >= 11 is 0. The summed E-state index contributed by atoms with van der Waals surface area (Å²) in [6, 6.07) is 47.7. The fourth-order valence-corrected chi connectivity index (χ4v) is 5.78. The van der Waals surface area contributed by atoms with Crippen LogP contribution in [-0.2, 0) is 0 Å². The highest BCUT2D eigenvalue weighted by Gasteiger charge is 2.19. The van der Waals surface area contributed by atoms with E-state index in [9.17, 15) is 0 Å². The van der Waals surface area contributed by atoms with Crippen molar-refractivity contribution in [3.63, 3.8) is 0 Å². The van der Waals surface area contributed by atoms with E-state index in [0.29, 0.717) is 0 Å². The number of furan rings is 1. The Balaban J connectivity index is 1.43. The van der Waals surface area contributed by atoms with Gasteiger partial charge in [-0.25, -0.2) is 4.98 Å². The summed E-state index contributed by atoms with van der Waals surface area (Å²) in [6.07, 6.45) is 3.59. The molecule has 0 saturated carbocycles. The highest BCUT2D eigenvalue weighted by molar-refractivity contribution is 6.16. The predicted molar refractivity (Wildman–Crippen MR) is 174 cm³/mol. The van der Waals surface area contributed by atoms with Crippen LogP contribution >= 0.6 is 0 Å². The van der Waals surface area contributed by atoms with Crippen LogP contribution in [0, 0.1) is 0 Å². The molecule has 43 heavy (non-hydrogen) atoms. The Morgan fingerprint density at radius 3 is 1.67 bits per heavy atom. The SMILES string of the molecule is c1ccc(-c2cc(-c3ccccc3)c3oc4cccc(-c5cc(-c6ccccn6)nc(-c6ccccn6)c5)c4c3c2)cc1. The zero-order valence-corrected chi connectivity index (χ0v) is 23.2. The van der Waals surface area contributed by atoms with Gasteiger partial charge in [-0.15, -0.1) is 0 Å². The molecule has 0 amide bonds. The molecule has 0 aliphatic heterocycles. The number of hydrogen-bond donors (Lipinski definition) is 0. The molecule has 4 heterocycles. The van der Waals surface area contributed by atoms with Gasteiger partial charge >= 0.3 is 0 Å². The maximum Gasteiger partial charge on any atom is 0.143 e. The van der Waals surface area contributed by atoms with E-state index in [0.717, 1.165) is 78.1 Å². The minimum Gasteiger partial charge on any atom is -0.455 e. The van der Waals surface area contributed by atoms with Gasteiger partial charge in [0.2, 0.25) is 0 Å². The monoisotopic (exact) mass is 551 g/mol. The van der Waals surface area contributed by atoms with Crippen molar-refractivity contribution >= 4 is 21.9 Å². The first kappa shape index (κ1) is 24.9. The van der Waals surface area contributed by atoms with Crippen LogP contribution in [0.1, 0.15) is 0 Å². The molecule has 8 aromatic rings. The molecular weight excluding hydrogens is 526 g/mol. The summed E-state index contributed by atoms with van der Waals surface area (Å²) in [6.45, 7) is 0. The Kier molecular flexibility index (Phi) is 6.08. The zero-order chi connectivity index (χ0) is 28.6. The zero-order valence-electron chi connectivity index (χ0n) is 23.2. The molecule has 0 N–H and O–H groups in total. The van der Waals surface area contributed by atoms with Crippen molar-refractivity contribution in [1.29, 1.82) is 0 Å². The van der Waals surface area contributed by atoms with E-state index in [2.05, 4.69) is 101 Å². The van der Waals surface area contributed by atoms with Crippen molar-refractivity contribution in [1.82, 2.24) is 15.0 Å². The van der Waals surface area contributed by atoms with Gasteiger partial charge in [-0.1, -0.05) is 84.9 Å². The lowest BCUT2D eigenvalue weighted by molar-refractivity contribution is 0.670. The Morgan fingerprint density at radius 2 is 1.05 bits per heavy atom. The van der Waals surface area contributed by atoms with Crippen LogP contribution in [0.15, 0.2) is 156 Å². The Hall–Kier alpha value is -5.87. The summed E-state index contributed by atoms with van der Waals surface area (Å²) in [5, 5.41) is 2.14. The standard InChI is InChI=1S/C39H25N3O/c1-3-12-26(13-4-1)28-22-31(27-14-5-2-6-15-27)39-32(23-28)38-30(16-11-19-37(38)43-39)29-24-35(33-17-7-9-20-40-33)42-36(25-29)34-18-8-10-21-41-34/h1-25H. The lowest BCUT2D eigenvalue weighted by atomic mass is 9.93. The molecule has 202 valence electrons. The summed E-state index contributed by atoms with van der Waals surface area (Å²) in [4.78, 5) is 14.2. The molecule has 0 bridgehead atoms. The van der Waals surface area contributed by atoms with Gasteiger partial charge in [-0.3, -0.25) is 9.97 Å². The number of rotatable bonds is 5. The third kappa shape index (κ3) is 4.55. The van der Waals surface area contributed by atoms with Gasteiger partial charge in [0, 0.05) is 28.7 Å². The fourth-order valence-electron chi connectivity index (χ4n) is 5.78. The lowest BCUT2D eigenvalue weighted by Gasteiger charge is -2.11. The number of aromatic nitrogens is 3. The van der Waals surface area contributed by atoms with Crippen LogP contribution in [0.25, 0.3) is 78.1 Å². The molecular formula is C39H25N3O. The summed E-state index contributed by atoms with van der Waals surface area (Å²) in [7, 11) is 0. The minimum absolute atomic E-state index is 0.790. The van der Waals surface area contributed by atoms with E-state index in [1.165, 1.54) is 0 Å². The molecule has 0 spiro atoms. The van der Waals surface area contributed by atoms with E-state index in [1.54, 1.807) is 12.4 Å². The minimum atomic E-state index is 0.790. The first-order chi connectivity index (χ1) is 21.3. The number of fused-ring (bicyclic) bond motifs is 3. The molecule has 0 unspecified atom stereocenters. The molecule has 4 heteroatoms. The van der Waals surface area contributed by atoms with Crippen molar-refractivity contribution in [2.24, 2.45) is 0 Å². The van der Waals surface area contributed by atoms with Crippen molar-refractivity contribution in [2.75, 3.05) is 0 Å². The first-order valence-electron chi connectivity index (χ1n) is 14.3. The third-order valence-electron chi connectivity index (χ3n) is 7.78. The predicted octanol–water partition coefficient (Wildman–Crippen LogP) is 10.1. The largest absolute Gasteiger partial charge is 0.455 e. The molecule has 0 atom stereocenters. The van der Waals surface area contributed by atoms with Crippen LogP contribution in [0.4, 0.5) is 0 Å². The van der Waals surface area contributed by atoms with E-state index in [1.807, 2.05) is 48.5 Å².